The van der Waals surface area contributed by atoms with Gasteiger partial charge < -0.3 is 15.5 Å². The van der Waals surface area contributed by atoms with Crippen molar-refractivity contribution in [1.29, 1.82) is 0 Å². The molecule has 1 aliphatic rings. The third-order valence-corrected chi connectivity index (χ3v) is 4.45. The number of nitrogens with zero attached hydrogens (tertiary/aromatic N) is 1. The molecule has 0 aromatic rings. The first-order valence-electron chi connectivity index (χ1n) is 7.35. The first kappa shape index (κ1) is 14.9. The summed E-state index contributed by atoms with van der Waals surface area (Å²) in [5, 5.41) is 3.25. The van der Waals surface area contributed by atoms with E-state index in [1.54, 1.807) is 0 Å². The average molecular weight is 242 g/mol. The molecule has 3 nitrogen and oxygen atoms in total. The van der Waals surface area contributed by atoms with Crippen LogP contribution in [0.2, 0.25) is 0 Å². The van der Waals surface area contributed by atoms with E-state index in [-0.39, 0.29) is 0 Å². The SMILES string of the molecule is CCCCC(CN)CC[N+]1(C)CC1CCNC. The van der Waals surface area contributed by atoms with Gasteiger partial charge in [-0.05, 0) is 25.9 Å². The third kappa shape index (κ3) is 4.94. The Morgan fingerprint density at radius 2 is 2.18 bits per heavy atom. The highest BCUT2D eigenvalue weighted by molar-refractivity contribution is 4.74. The normalized spacial score (nSPS) is 29.3. The predicted molar refractivity (Wildman–Crippen MR) is 74.9 cm³/mol. The number of nitrogens with two attached hydrogens (primary N) is 1. The van der Waals surface area contributed by atoms with Gasteiger partial charge in [-0.1, -0.05) is 19.8 Å². The topological polar surface area (TPSA) is 38.0 Å². The summed E-state index contributed by atoms with van der Waals surface area (Å²) in [6, 6.07) is 0.909. The first-order valence-corrected chi connectivity index (χ1v) is 7.35. The van der Waals surface area contributed by atoms with E-state index in [0.717, 1.165) is 25.0 Å². The maximum absolute atomic E-state index is 5.86. The van der Waals surface area contributed by atoms with Gasteiger partial charge in [0, 0.05) is 19.4 Å². The van der Waals surface area contributed by atoms with Crippen LogP contribution in [-0.4, -0.2) is 50.8 Å². The van der Waals surface area contributed by atoms with Gasteiger partial charge >= 0.3 is 0 Å². The maximum Gasteiger partial charge on any atom is 0.140 e. The van der Waals surface area contributed by atoms with Crippen LogP contribution in [0.1, 0.15) is 39.0 Å². The van der Waals surface area contributed by atoms with E-state index in [2.05, 4.69) is 19.3 Å². The minimum absolute atomic E-state index is 0.760. The molecule has 1 fully saturated rings. The van der Waals surface area contributed by atoms with E-state index in [0.29, 0.717) is 0 Å². The van der Waals surface area contributed by atoms with Gasteiger partial charge in [0.1, 0.15) is 12.6 Å². The van der Waals surface area contributed by atoms with E-state index < -0.39 is 0 Å². The van der Waals surface area contributed by atoms with Gasteiger partial charge in [0.2, 0.25) is 0 Å². The van der Waals surface area contributed by atoms with Crippen molar-refractivity contribution in [2.75, 3.05) is 40.3 Å². The molecule has 0 bridgehead atoms. The van der Waals surface area contributed by atoms with Gasteiger partial charge in [-0.25, -0.2) is 0 Å². The van der Waals surface area contributed by atoms with Crippen LogP contribution in [0.25, 0.3) is 0 Å². The van der Waals surface area contributed by atoms with Crippen molar-refractivity contribution in [2.45, 2.75) is 45.1 Å². The number of hydrogen-bond acceptors (Lipinski definition) is 2. The van der Waals surface area contributed by atoms with Crippen LogP contribution < -0.4 is 11.1 Å². The highest BCUT2D eigenvalue weighted by Crippen LogP contribution is 2.31. The van der Waals surface area contributed by atoms with Gasteiger partial charge in [0.25, 0.3) is 0 Å². The zero-order valence-electron chi connectivity index (χ0n) is 12.0. The Bertz CT molecular complexity index is 208. The summed E-state index contributed by atoms with van der Waals surface area (Å²) < 4.78 is 1.30. The summed E-state index contributed by atoms with van der Waals surface area (Å²) in [5.74, 6) is 0.760. The van der Waals surface area contributed by atoms with Crippen LogP contribution in [-0.2, 0) is 0 Å². The fourth-order valence-corrected chi connectivity index (χ4v) is 2.77. The van der Waals surface area contributed by atoms with E-state index in [9.17, 15) is 0 Å². The lowest BCUT2D eigenvalue weighted by Gasteiger charge is -2.19. The fraction of sp³-hybridized carbons (Fsp3) is 1.00. The molecule has 1 rings (SSSR count). The number of quaternary nitrogens is 1. The molecular formula is C14H32N3+. The molecule has 3 atom stereocenters. The minimum atomic E-state index is 0.760. The van der Waals surface area contributed by atoms with Crippen molar-refractivity contribution in [3.63, 3.8) is 0 Å². The Morgan fingerprint density at radius 3 is 2.76 bits per heavy atom. The summed E-state index contributed by atoms with van der Waals surface area (Å²) >= 11 is 0. The molecule has 1 saturated heterocycles. The molecular weight excluding hydrogens is 210 g/mol. The van der Waals surface area contributed by atoms with Crippen LogP contribution in [0.15, 0.2) is 0 Å². The zero-order chi connectivity index (χ0) is 12.7. The first-order chi connectivity index (χ1) is 8.16. The smallest absolute Gasteiger partial charge is 0.140 e. The number of rotatable bonds is 10. The van der Waals surface area contributed by atoms with Crippen LogP contribution >= 0.6 is 0 Å². The predicted octanol–water partition coefficient (Wildman–Crippen LogP) is 1.58. The Morgan fingerprint density at radius 1 is 1.41 bits per heavy atom. The highest BCUT2D eigenvalue weighted by Gasteiger charge is 2.49. The summed E-state index contributed by atoms with van der Waals surface area (Å²) in [4.78, 5) is 0. The fourth-order valence-electron chi connectivity index (χ4n) is 2.77. The summed E-state index contributed by atoms with van der Waals surface area (Å²) in [5.41, 5.74) is 5.86. The average Bonchev–Trinajstić information content (AvgIpc) is 2.98. The molecule has 0 amide bonds. The largest absolute Gasteiger partial charge is 0.330 e. The van der Waals surface area contributed by atoms with Crippen molar-refractivity contribution in [1.82, 2.24) is 5.32 Å². The molecule has 0 spiro atoms. The Balaban J connectivity index is 2.16. The van der Waals surface area contributed by atoms with Crippen molar-refractivity contribution in [3.8, 4) is 0 Å². The molecule has 0 aromatic carbocycles. The second-order valence-electron chi connectivity index (χ2n) is 5.96. The summed E-state index contributed by atoms with van der Waals surface area (Å²) in [7, 11) is 4.45. The zero-order valence-corrected chi connectivity index (χ0v) is 12.0. The molecule has 1 heterocycles. The lowest BCUT2D eigenvalue weighted by atomic mass is 9.98. The van der Waals surface area contributed by atoms with Crippen molar-refractivity contribution in [2.24, 2.45) is 11.7 Å². The number of nitrogens with one attached hydrogen (secondary N) is 1. The summed E-state index contributed by atoms with van der Waals surface area (Å²) in [6.45, 7) is 7.02. The molecule has 17 heavy (non-hydrogen) atoms. The van der Waals surface area contributed by atoms with E-state index in [1.807, 2.05) is 7.05 Å². The summed E-state index contributed by atoms with van der Waals surface area (Å²) in [6.07, 6.45) is 6.62. The molecule has 1 aliphatic heterocycles. The third-order valence-electron chi connectivity index (χ3n) is 4.45. The Hall–Kier alpha value is -0.120. The molecule has 102 valence electrons. The second kappa shape index (κ2) is 7.34. The lowest BCUT2D eigenvalue weighted by Crippen LogP contribution is -2.29. The highest BCUT2D eigenvalue weighted by atomic mass is 15.5. The monoisotopic (exact) mass is 242 g/mol. The quantitative estimate of drug-likeness (QED) is 0.451. The molecule has 3 unspecified atom stereocenters. The van der Waals surface area contributed by atoms with Gasteiger partial charge in [0.05, 0.1) is 13.6 Å². The second-order valence-corrected chi connectivity index (χ2v) is 5.96. The van der Waals surface area contributed by atoms with Gasteiger partial charge in [-0.2, -0.15) is 0 Å². The Labute approximate surface area is 107 Å². The molecule has 3 heteroatoms. The van der Waals surface area contributed by atoms with Gasteiger partial charge in [-0.3, -0.25) is 0 Å². The van der Waals surface area contributed by atoms with E-state index in [1.165, 1.54) is 49.7 Å². The number of likely N-dealkylation sites (N-methyl/N-ethyl adjacent to an activating group) is 1. The van der Waals surface area contributed by atoms with Crippen LogP contribution in [0.3, 0.4) is 0 Å². The van der Waals surface area contributed by atoms with Crippen molar-refractivity contribution in [3.05, 3.63) is 0 Å². The molecule has 0 saturated carbocycles. The molecule has 0 aromatic heterocycles. The number of hydrogen-bond donors (Lipinski definition) is 2. The molecule has 3 N–H and O–H groups in total. The molecule has 0 aliphatic carbocycles. The van der Waals surface area contributed by atoms with E-state index in [4.69, 9.17) is 5.73 Å². The minimum Gasteiger partial charge on any atom is -0.330 e. The van der Waals surface area contributed by atoms with Crippen LogP contribution in [0.4, 0.5) is 0 Å². The van der Waals surface area contributed by atoms with Crippen molar-refractivity contribution >= 4 is 0 Å². The van der Waals surface area contributed by atoms with E-state index >= 15 is 0 Å². The van der Waals surface area contributed by atoms with Crippen LogP contribution in [0.5, 0.6) is 0 Å². The molecule has 0 radical (unpaired) electrons. The van der Waals surface area contributed by atoms with Crippen molar-refractivity contribution < 1.29 is 4.48 Å². The standard InChI is InChI=1S/C14H32N3/c1-4-5-6-13(11-15)8-10-17(3)12-14(17)7-9-16-2/h13-14,16H,4-12,15H2,1-3H3/q+1. The number of unbranched alkanes of at least 4 members (excludes halogenated alkanes) is 1. The van der Waals surface area contributed by atoms with Crippen LogP contribution in [0, 0.1) is 5.92 Å². The van der Waals surface area contributed by atoms with Gasteiger partial charge in [0.15, 0.2) is 0 Å². The lowest BCUT2D eigenvalue weighted by molar-refractivity contribution is -0.793. The van der Waals surface area contributed by atoms with Gasteiger partial charge in [-0.15, -0.1) is 0 Å². The maximum atomic E-state index is 5.86. The Kier molecular flexibility index (Phi) is 6.45.